The number of hydrogen-bond acceptors (Lipinski definition) is 3. The van der Waals surface area contributed by atoms with Gasteiger partial charge in [-0.05, 0) is 62.8 Å². The lowest BCUT2D eigenvalue weighted by Crippen LogP contribution is -2.36. The monoisotopic (exact) mass is 376 g/mol. The molecule has 1 atom stereocenters. The molecule has 0 saturated heterocycles. The average molecular weight is 377 g/mol. The van der Waals surface area contributed by atoms with Crippen molar-refractivity contribution in [3.05, 3.63) is 23.8 Å². The summed E-state index contributed by atoms with van der Waals surface area (Å²) in [5.74, 6) is 0.368. The first-order valence-corrected chi connectivity index (χ1v) is 11.4. The predicted octanol–water partition coefficient (Wildman–Crippen LogP) is 3.38. The number of carbonyl (C=O) groups excluding carboxylic acids is 1. The van der Waals surface area contributed by atoms with Gasteiger partial charge in [-0.3, -0.25) is 4.79 Å². The second kappa shape index (κ2) is 6.97. The summed E-state index contributed by atoms with van der Waals surface area (Å²) in [6, 6.07) is 5.39. The molecule has 0 radical (unpaired) electrons. The quantitative estimate of drug-likeness (QED) is 0.819. The van der Waals surface area contributed by atoms with Crippen LogP contribution in [0.15, 0.2) is 23.1 Å². The van der Waals surface area contributed by atoms with E-state index >= 15 is 0 Å². The van der Waals surface area contributed by atoms with Gasteiger partial charge in [0.05, 0.1) is 4.90 Å². The smallest absolute Gasteiger partial charge is 0.240 e. The van der Waals surface area contributed by atoms with Gasteiger partial charge in [0.1, 0.15) is 0 Å². The summed E-state index contributed by atoms with van der Waals surface area (Å²) in [5, 5.41) is 0. The molecule has 2 saturated carbocycles. The predicted molar refractivity (Wildman–Crippen MR) is 102 cm³/mol. The standard InChI is InChI=1S/C20H28N2O3S/c1-14-12-16-13-18(10-11-19(16)22(14)20(23)15-8-9-15)26(24,25)21-17-6-4-2-3-5-7-17/h10-11,13-15,17,21H,2-9,12H2,1H3/t14-/m0/s1. The Balaban J connectivity index is 1.55. The van der Waals surface area contributed by atoms with E-state index in [1.165, 1.54) is 12.8 Å². The van der Waals surface area contributed by atoms with Gasteiger partial charge in [-0.25, -0.2) is 13.1 Å². The van der Waals surface area contributed by atoms with Gasteiger partial charge in [-0.2, -0.15) is 0 Å². The Labute approximate surface area is 156 Å². The first-order chi connectivity index (χ1) is 12.5. The first kappa shape index (κ1) is 18.0. The van der Waals surface area contributed by atoms with Crippen molar-refractivity contribution in [3.8, 4) is 0 Å². The molecule has 26 heavy (non-hydrogen) atoms. The van der Waals surface area contributed by atoms with E-state index in [1.54, 1.807) is 12.1 Å². The molecule has 0 spiro atoms. The summed E-state index contributed by atoms with van der Waals surface area (Å²) in [6.45, 7) is 2.04. The van der Waals surface area contributed by atoms with E-state index in [0.717, 1.165) is 56.2 Å². The third-order valence-electron chi connectivity index (χ3n) is 5.92. The van der Waals surface area contributed by atoms with Crippen LogP contribution in [0, 0.1) is 5.92 Å². The molecule has 1 amide bonds. The van der Waals surface area contributed by atoms with E-state index < -0.39 is 10.0 Å². The molecule has 0 unspecified atom stereocenters. The Kier molecular flexibility index (Phi) is 4.82. The fourth-order valence-electron chi connectivity index (χ4n) is 4.32. The Morgan fingerprint density at radius 1 is 1.08 bits per heavy atom. The van der Waals surface area contributed by atoms with E-state index in [-0.39, 0.29) is 23.9 Å². The van der Waals surface area contributed by atoms with Gasteiger partial charge in [-0.15, -0.1) is 0 Å². The fraction of sp³-hybridized carbons (Fsp3) is 0.650. The molecular formula is C20H28N2O3S. The number of anilines is 1. The zero-order chi connectivity index (χ0) is 18.3. The van der Waals surface area contributed by atoms with E-state index in [1.807, 2.05) is 17.9 Å². The highest BCUT2D eigenvalue weighted by atomic mass is 32.2. The third-order valence-corrected chi connectivity index (χ3v) is 7.44. The highest BCUT2D eigenvalue weighted by Crippen LogP contribution is 2.39. The number of nitrogens with zero attached hydrogens (tertiary/aromatic N) is 1. The molecule has 1 N–H and O–H groups in total. The van der Waals surface area contributed by atoms with E-state index in [9.17, 15) is 13.2 Å². The van der Waals surface area contributed by atoms with Crippen LogP contribution in [0.5, 0.6) is 0 Å². The van der Waals surface area contributed by atoms with Crippen molar-refractivity contribution in [1.82, 2.24) is 4.72 Å². The molecular weight excluding hydrogens is 348 g/mol. The Bertz CT molecular complexity index is 793. The van der Waals surface area contributed by atoms with Crippen molar-refractivity contribution in [2.75, 3.05) is 4.90 Å². The van der Waals surface area contributed by atoms with Gasteiger partial charge in [0.2, 0.25) is 15.9 Å². The lowest BCUT2D eigenvalue weighted by Gasteiger charge is -2.22. The van der Waals surface area contributed by atoms with E-state index in [2.05, 4.69) is 4.72 Å². The summed E-state index contributed by atoms with van der Waals surface area (Å²) < 4.78 is 28.6. The molecule has 1 aromatic carbocycles. The number of nitrogens with one attached hydrogen (secondary N) is 1. The minimum absolute atomic E-state index is 0.0441. The fourth-order valence-corrected chi connectivity index (χ4v) is 5.68. The minimum atomic E-state index is -3.51. The average Bonchev–Trinajstić information content (AvgIpc) is 3.40. The third kappa shape index (κ3) is 3.54. The SMILES string of the molecule is C[C@H]1Cc2cc(S(=O)(=O)NC3CCCCCC3)ccc2N1C(=O)C1CC1. The van der Waals surface area contributed by atoms with Gasteiger partial charge in [-0.1, -0.05) is 25.7 Å². The number of rotatable bonds is 4. The lowest BCUT2D eigenvalue weighted by atomic mass is 10.1. The Hall–Kier alpha value is -1.40. The van der Waals surface area contributed by atoms with Crippen LogP contribution in [0.1, 0.15) is 63.9 Å². The van der Waals surface area contributed by atoms with Crippen LogP contribution in [0.4, 0.5) is 5.69 Å². The summed E-state index contributed by atoms with van der Waals surface area (Å²) in [6.07, 6.45) is 9.10. The van der Waals surface area contributed by atoms with Gasteiger partial charge < -0.3 is 4.90 Å². The van der Waals surface area contributed by atoms with Crippen LogP contribution in [0.3, 0.4) is 0 Å². The molecule has 6 heteroatoms. The number of sulfonamides is 1. The van der Waals surface area contributed by atoms with Crippen LogP contribution in [0.2, 0.25) is 0 Å². The molecule has 1 aliphatic heterocycles. The number of fused-ring (bicyclic) bond motifs is 1. The van der Waals surface area contributed by atoms with Crippen molar-refractivity contribution in [1.29, 1.82) is 0 Å². The van der Waals surface area contributed by atoms with Crippen molar-refractivity contribution in [2.45, 2.75) is 81.7 Å². The molecule has 1 aromatic rings. The molecule has 2 fully saturated rings. The first-order valence-electron chi connectivity index (χ1n) is 9.94. The summed E-state index contributed by atoms with van der Waals surface area (Å²) in [4.78, 5) is 14.8. The van der Waals surface area contributed by atoms with Gasteiger partial charge in [0.15, 0.2) is 0 Å². The maximum absolute atomic E-state index is 12.8. The summed E-state index contributed by atoms with van der Waals surface area (Å²) in [5.41, 5.74) is 1.86. The molecule has 2 aliphatic carbocycles. The maximum atomic E-state index is 12.8. The molecule has 3 aliphatic rings. The zero-order valence-electron chi connectivity index (χ0n) is 15.4. The van der Waals surface area contributed by atoms with Gasteiger partial charge in [0.25, 0.3) is 0 Å². The van der Waals surface area contributed by atoms with Gasteiger partial charge >= 0.3 is 0 Å². The van der Waals surface area contributed by atoms with Crippen molar-refractivity contribution < 1.29 is 13.2 Å². The lowest BCUT2D eigenvalue weighted by molar-refractivity contribution is -0.120. The van der Waals surface area contributed by atoms with Crippen molar-refractivity contribution >= 4 is 21.6 Å². The van der Waals surface area contributed by atoms with Crippen LogP contribution in [-0.2, 0) is 21.2 Å². The number of carbonyl (C=O) groups is 1. The maximum Gasteiger partial charge on any atom is 0.240 e. The Morgan fingerprint density at radius 2 is 1.77 bits per heavy atom. The molecule has 0 bridgehead atoms. The molecule has 5 nitrogen and oxygen atoms in total. The van der Waals surface area contributed by atoms with Gasteiger partial charge in [0, 0.05) is 23.7 Å². The molecule has 142 valence electrons. The largest absolute Gasteiger partial charge is 0.309 e. The highest BCUT2D eigenvalue weighted by Gasteiger charge is 2.39. The van der Waals surface area contributed by atoms with E-state index in [4.69, 9.17) is 0 Å². The number of amides is 1. The number of hydrogen-bond donors (Lipinski definition) is 1. The molecule has 1 heterocycles. The Morgan fingerprint density at radius 3 is 2.42 bits per heavy atom. The minimum Gasteiger partial charge on any atom is -0.309 e. The highest BCUT2D eigenvalue weighted by molar-refractivity contribution is 7.89. The van der Waals surface area contributed by atoms with E-state index in [0.29, 0.717) is 4.90 Å². The topological polar surface area (TPSA) is 66.5 Å². The van der Waals surface area contributed by atoms with Crippen molar-refractivity contribution in [2.24, 2.45) is 5.92 Å². The van der Waals surface area contributed by atoms with Crippen molar-refractivity contribution in [3.63, 3.8) is 0 Å². The summed E-state index contributed by atoms with van der Waals surface area (Å²) in [7, 11) is -3.51. The second-order valence-corrected chi connectivity index (χ2v) is 9.85. The second-order valence-electron chi connectivity index (χ2n) is 8.14. The van der Waals surface area contributed by atoms with Crippen LogP contribution < -0.4 is 9.62 Å². The molecule has 4 rings (SSSR count). The van der Waals surface area contributed by atoms with Crippen LogP contribution >= 0.6 is 0 Å². The van der Waals surface area contributed by atoms with Crippen LogP contribution in [-0.4, -0.2) is 26.4 Å². The summed E-state index contributed by atoms with van der Waals surface area (Å²) >= 11 is 0. The number of benzene rings is 1. The zero-order valence-corrected chi connectivity index (χ0v) is 16.2. The molecule has 0 aromatic heterocycles. The normalized spacial score (nSPS) is 24.3. The van der Waals surface area contributed by atoms with Crippen LogP contribution in [0.25, 0.3) is 0 Å².